The number of halogens is 2. The summed E-state index contributed by atoms with van der Waals surface area (Å²) in [6, 6.07) is 27.7. The molecular weight excluding hydrogens is 1070 g/mol. The Hall–Kier alpha value is -2.76. The van der Waals surface area contributed by atoms with Crippen LogP contribution >= 0.6 is 23.2 Å². The molecule has 0 spiro atoms. The standard InChI is InChI=1S/C29H45ClO6Si2.C29H43ClO6Si2/c2*1-10-33-24-14-11-21(12-15-24)17-22-18-23(13-16-25(22)30)29(32-3)28(36-38(7,8)9)27(35-37(4,5)6)20(2)26(19-31)34-29/h11-16,18,20,26-28,31H,10,17,19H2,1-9H3;11-16,18-20,26-28H,10,17H2,1-9H3/t2*20-,26-,27+,28-,29?/m11/s1. The first-order valence-electron chi connectivity index (χ1n) is 26.7. The molecule has 422 valence electrons. The minimum atomic E-state index is -2.11. The van der Waals surface area contributed by atoms with Crippen LogP contribution in [0.4, 0.5) is 0 Å². The summed E-state index contributed by atoms with van der Waals surface area (Å²) in [7, 11) is -4.98. The van der Waals surface area contributed by atoms with Crippen LogP contribution in [0.25, 0.3) is 0 Å². The summed E-state index contributed by atoms with van der Waals surface area (Å²) in [5, 5.41) is 11.6. The molecule has 2 unspecified atom stereocenters. The molecule has 2 aliphatic heterocycles. The summed E-state index contributed by atoms with van der Waals surface area (Å²) in [4.78, 5) is 12.3. The molecule has 0 radical (unpaired) electrons. The van der Waals surface area contributed by atoms with Gasteiger partial charge in [-0.3, -0.25) is 0 Å². The monoisotopic (exact) mass is 1160 g/mol. The summed E-state index contributed by atoms with van der Waals surface area (Å²) in [6.07, 6.45) is -0.910. The van der Waals surface area contributed by atoms with Gasteiger partial charge in [0.05, 0.1) is 38.1 Å². The van der Waals surface area contributed by atoms with E-state index < -0.39 is 69.3 Å². The number of hydrogen-bond acceptors (Lipinski definition) is 12. The Labute approximate surface area is 469 Å². The molecule has 0 amide bonds. The van der Waals surface area contributed by atoms with Crippen molar-refractivity contribution in [2.24, 2.45) is 11.8 Å². The van der Waals surface area contributed by atoms with E-state index in [-0.39, 0.29) is 30.7 Å². The van der Waals surface area contributed by atoms with E-state index in [1.807, 2.05) is 93.6 Å². The second-order valence-electron chi connectivity index (χ2n) is 23.8. The van der Waals surface area contributed by atoms with Crippen LogP contribution in [0.2, 0.25) is 88.6 Å². The minimum absolute atomic E-state index is 0.0908. The van der Waals surface area contributed by atoms with Gasteiger partial charge in [0.2, 0.25) is 11.6 Å². The van der Waals surface area contributed by atoms with E-state index in [1.165, 1.54) is 0 Å². The van der Waals surface area contributed by atoms with Crippen LogP contribution in [0.5, 0.6) is 11.5 Å². The maximum Gasteiger partial charge on any atom is 0.223 e. The van der Waals surface area contributed by atoms with Gasteiger partial charge in [0.15, 0.2) is 33.3 Å². The third-order valence-electron chi connectivity index (χ3n) is 13.1. The number of aliphatic hydroxyl groups excluding tert-OH is 1. The molecule has 2 aliphatic rings. The minimum Gasteiger partial charge on any atom is -0.494 e. The number of hydrogen-bond donors (Lipinski definition) is 1. The molecule has 6 rings (SSSR count). The molecule has 2 fully saturated rings. The van der Waals surface area contributed by atoms with Gasteiger partial charge in [0.1, 0.15) is 36.1 Å². The molecule has 4 aromatic carbocycles. The van der Waals surface area contributed by atoms with Crippen molar-refractivity contribution < 1.29 is 56.0 Å². The first-order chi connectivity index (χ1) is 35.4. The van der Waals surface area contributed by atoms with Crippen LogP contribution in [0.1, 0.15) is 61.1 Å². The number of aldehydes is 1. The SMILES string of the molecule is CCOc1ccc(Cc2cc(C3(OC)O[C@H](C=O)[C@@H](C)[C@H](O[Si](C)(C)C)[C@H]3O[Si](C)(C)C)ccc2Cl)cc1.CCOc1ccc(Cc2cc(C3(OC)O[C@H](CO)[C@@H](C)[C@H](O[Si](C)(C)C)[C@H]3O[Si](C)(C)C)ccc2Cl)cc1. The molecule has 0 aliphatic carbocycles. The van der Waals surface area contributed by atoms with Gasteiger partial charge in [-0.25, -0.2) is 0 Å². The predicted octanol–water partition coefficient (Wildman–Crippen LogP) is 13.4. The van der Waals surface area contributed by atoms with Crippen molar-refractivity contribution in [2.75, 3.05) is 34.0 Å². The van der Waals surface area contributed by atoms with Gasteiger partial charge in [-0.1, -0.05) is 73.4 Å². The molecule has 18 heteroatoms. The van der Waals surface area contributed by atoms with E-state index in [0.29, 0.717) is 36.1 Å². The zero-order valence-corrected chi connectivity index (χ0v) is 54.0. The highest BCUT2D eigenvalue weighted by molar-refractivity contribution is 6.71. The van der Waals surface area contributed by atoms with E-state index in [4.69, 9.17) is 69.3 Å². The van der Waals surface area contributed by atoms with E-state index in [9.17, 15) is 9.90 Å². The fourth-order valence-corrected chi connectivity index (χ4v) is 14.6. The lowest BCUT2D eigenvalue weighted by molar-refractivity contribution is -0.352. The van der Waals surface area contributed by atoms with Gasteiger partial charge >= 0.3 is 0 Å². The zero-order chi connectivity index (χ0) is 56.6. The second-order valence-corrected chi connectivity index (χ2v) is 42.5. The average Bonchev–Trinajstić information content (AvgIpc) is 3.33. The highest BCUT2D eigenvalue weighted by Gasteiger charge is 2.59. The number of rotatable bonds is 22. The topological polar surface area (TPSA) is 130 Å². The van der Waals surface area contributed by atoms with Crippen LogP contribution in [0.15, 0.2) is 84.9 Å². The first-order valence-corrected chi connectivity index (χ1v) is 41.1. The molecular formula is C58H88Cl2O12Si4. The maximum atomic E-state index is 12.3. The summed E-state index contributed by atoms with van der Waals surface area (Å²) in [6.45, 7) is 34.9. The van der Waals surface area contributed by atoms with E-state index in [2.05, 4.69) is 97.6 Å². The van der Waals surface area contributed by atoms with Crippen LogP contribution in [-0.2, 0) is 65.9 Å². The first kappa shape index (κ1) is 64.1. The Morgan fingerprint density at radius 1 is 0.553 bits per heavy atom. The lowest BCUT2D eigenvalue weighted by Gasteiger charge is -2.54. The van der Waals surface area contributed by atoms with Crippen LogP contribution in [-0.4, -0.2) is 115 Å². The summed E-state index contributed by atoms with van der Waals surface area (Å²) < 4.78 is 64.0. The van der Waals surface area contributed by atoms with Gasteiger partial charge < -0.3 is 56.0 Å². The molecule has 0 aromatic heterocycles. The van der Waals surface area contributed by atoms with Crippen molar-refractivity contribution in [1.82, 2.24) is 0 Å². The van der Waals surface area contributed by atoms with Crippen molar-refractivity contribution in [3.63, 3.8) is 0 Å². The van der Waals surface area contributed by atoms with E-state index >= 15 is 0 Å². The van der Waals surface area contributed by atoms with Crippen molar-refractivity contribution >= 4 is 62.8 Å². The highest BCUT2D eigenvalue weighted by atomic mass is 35.5. The molecule has 10 atom stereocenters. The third-order valence-corrected chi connectivity index (χ3v) is 17.8. The molecule has 2 heterocycles. The summed E-state index contributed by atoms with van der Waals surface area (Å²) in [5.41, 5.74) is 5.61. The van der Waals surface area contributed by atoms with Gasteiger partial charge in [-0.05, 0) is 176 Å². The Morgan fingerprint density at radius 2 is 0.921 bits per heavy atom. The average molecular weight is 1160 g/mol. The highest BCUT2D eigenvalue weighted by Crippen LogP contribution is 2.48. The summed E-state index contributed by atoms with van der Waals surface area (Å²) in [5.74, 6) is -1.25. The Balaban J connectivity index is 0.000000281. The van der Waals surface area contributed by atoms with Gasteiger partial charge in [-0.2, -0.15) is 0 Å². The third kappa shape index (κ3) is 16.7. The predicted molar refractivity (Wildman–Crippen MR) is 315 cm³/mol. The second kappa shape index (κ2) is 26.7. The number of aliphatic hydroxyl groups is 1. The van der Waals surface area contributed by atoms with Crippen molar-refractivity contribution in [3.8, 4) is 11.5 Å². The molecule has 1 N–H and O–H groups in total. The van der Waals surface area contributed by atoms with E-state index in [1.54, 1.807) is 14.2 Å². The lowest BCUT2D eigenvalue weighted by Crippen LogP contribution is -2.65. The molecule has 0 saturated carbocycles. The molecule has 2 saturated heterocycles. The van der Waals surface area contributed by atoms with Crippen LogP contribution in [0, 0.1) is 11.8 Å². The van der Waals surface area contributed by atoms with Crippen molar-refractivity contribution in [2.45, 2.75) is 167 Å². The zero-order valence-electron chi connectivity index (χ0n) is 48.5. The fraction of sp³-hybridized carbons (Fsp3) is 0.569. The fourth-order valence-electron chi connectivity index (χ4n) is 9.78. The van der Waals surface area contributed by atoms with E-state index in [0.717, 1.165) is 51.2 Å². The smallest absolute Gasteiger partial charge is 0.223 e. The largest absolute Gasteiger partial charge is 0.494 e. The van der Waals surface area contributed by atoms with Crippen LogP contribution in [0.3, 0.4) is 0 Å². The number of ether oxygens (including phenoxy) is 6. The van der Waals surface area contributed by atoms with Gasteiger partial charge in [0.25, 0.3) is 0 Å². The normalized spacial score (nSPS) is 26.3. The number of methoxy groups -OCH3 is 2. The maximum absolute atomic E-state index is 12.3. The number of carbonyl (C=O) groups excluding carboxylic acids is 1. The Bertz CT molecular complexity index is 2480. The molecule has 4 aromatic rings. The number of carbonyl (C=O) groups is 1. The Morgan fingerprint density at radius 3 is 1.25 bits per heavy atom. The molecule has 0 bridgehead atoms. The molecule has 12 nitrogen and oxygen atoms in total. The van der Waals surface area contributed by atoms with Crippen molar-refractivity contribution in [3.05, 3.63) is 128 Å². The van der Waals surface area contributed by atoms with Crippen molar-refractivity contribution in [1.29, 1.82) is 0 Å². The lowest BCUT2D eigenvalue weighted by atomic mass is 9.83. The summed E-state index contributed by atoms with van der Waals surface area (Å²) >= 11 is 13.4. The Kier molecular flexibility index (Phi) is 22.5. The molecule has 76 heavy (non-hydrogen) atoms. The number of benzene rings is 4. The van der Waals surface area contributed by atoms with Gasteiger partial charge in [0, 0.05) is 47.2 Å². The quantitative estimate of drug-likeness (QED) is 0.0594. The van der Waals surface area contributed by atoms with Crippen LogP contribution < -0.4 is 9.47 Å². The van der Waals surface area contributed by atoms with Gasteiger partial charge in [-0.15, -0.1) is 0 Å².